The Kier molecular flexibility index (Phi) is 6.77. The van der Waals surface area contributed by atoms with Crippen molar-refractivity contribution in [3.8, 4) is 11.1 Å². The number of aromatic nitrogens is 3. The first kappa shape index (κ1) is 25.9. The highest BCUT2D eigenvalue weighted by Crippen LogP contribution is 2.28. The Balaban J connectivity index is 1.61. The summed E-state index contributed by atoms with van der Waals surface area (Å²) in [5, 5.41) is 12.9. The summed E-state index contributed by atoms with van der Waals surface area (Å²) in [7, 11) is 0. The highest BCUT2D eigenvalue weighted by Gasteiger charge is 2.42. The van der Waals surface area contributed by atoms with Gasteiger partial charge in [-0.1, -0.05) is 12.1 Å². The van der Waals surface area contributed by atoms with Crippen LogP contribution in [-0.2, 0) is 10.3 Å². The van der Waals surface area contributed by atoms with Crippen molar-refractivity contribution in [1.82, 2.24) is 25.0 Å². The third-order valence-corrected chi connectivity index (χ3v) is 6.42. The van der Waals surface area contributed by atoms with Gasteiger partial charge >= 0.3 is 6.03 Å². The Hall–Kier alpha value is -4.21. The molecule has 4 rings (SSSR count). The van der Waals surface area contributed by atoms with Gasteiger partial charge in [0.1, 0.15) is 5.54 Å². The van der Waals surface area contributed by atoms with E-state index >= 15 is 0 Å². The van der Waals surface area contributed by atoms with Gasteiger partial charge in [-0.15, -0.1) is 0 Å². The zero-order valence-electron chi connectivity index (χ0n) is 22.0. The van der Waals surface area contributed by atoms with E-state index in [1.54, 1.807) is 37.1 Å². The molecule has 1 aromatic carbocycles. The van der Waals surface area contributed by atoms with Gasteiger partial charge in [0.25, 0.3) is 5.91 Å². The number of hydrogen-bond acceptors (Lipinski definition) is 5. The number of anilines is 2. The molecule has 0 saturated carbocycles. The minimum Gasteiger partial charge on any atom is -0.352 e. The van der Waals surface area contributed by atoms with Crippen molar-refractivity contribution in [2.45, 2.75) is 52.6 Å². The minimum atomic E-state index is -1.05. The largest absolute Gasteiger partial charge is 0.352 e. The molecule has 4 amide bonds. The highest BCUT2D eigenvalue weighted by atomic mass is 16.2. The summed E-state index contributed by atoms with van der Waals surface area (Å²) < 4.78 is 1.64. The number of rotatable bonds is 4. The zero-order valence-corrected chi connectivity index (χ0v) is 22.0. The van der Waals surface area contributed by atoms with Gasteiger partial charge in [0, 0.05) is 36.7 Å². The van der Waals surface area contributed by atoms with Gasteiger partial charge < -0.3 is 20.9 Å². The smallest absolute Gasteiger partial charge is 0.323 e. The summed E-state index contributed by atoms with van der Waals surface area (Å²) in [6, 6.07) is 8.92. The molecule has 194 valence electrons. The number of nitrogens with one attached hydrogen (secondary N) is 3. The number of nitrogens with zero attached hydrogens (tertiary/aromatic N) is 4. The number of carbonyl (C=O) groups excluding carboxylic acids is 3. The van der Waals surface area contributed by atoms with Crippen LogP contribution in [0.3, 0.4) is 0 Å². The Bertz CT molecular complexity index is 1340. The quantitative estimate of drug-likeness (QED) is 0.497. The molecule has 1 saturated heterocycles. The number of urea groups is 1. The first-order valence-corrected chi connectivity index (χ1v) is 12.2. The van der Waals surface area contributed by atoms with E-state index in [0.717, 1.165) is 16.7 Å². The topological polar surface area (TPSA) is 121 Å². The molecule has 10 heteroatoms. The first-order chi connectivity index (χ1) is 17.4. The molecule has 0 unspecified atom stereocenters. The van der Waals surface area contributed by atoms with Crippen LogP contribution in [-0.4, -0.2) is 56.1 Å². The molecule has 0 bridgehead atoms. The van der Waals surface area contributed by atoms with Crippen molar-refractivity contribution >= 4 is 29.2 Å². The van der Waals surface area contributed by atoms with E-state index in [2.05, 4.69) is 26.0 Å². The van der Waals surface area contributed by atoms with Crippen LogP contribution >= 0.6 is 0 Å². The molecular formula is C27H33N7O3. The average Bonchev–Trinajstić information content (AvgIpc) is 3.26. The fraction of sp³-hybridized carbons (Fsp3) is 0.370. The lowest BCUT2D eigenvalue weighted by Crippen LogP contribution is -2.63. The second kappa shape index (κ2) is 9.68. The predicted molar refractivity (Wildman–Crippen MR) is 142 cm³/mol. The molecule has 0 atom stereocenters. The number of amides is 4. The zero-order chi connectivity index (χ0) is 27.0. The fourth-order valence-corrected chi connectivity index (χ4v) is 4.17. The average molecular weight is 504 g/mol. The molecule has 1 aliphatic rings. The molecule has 3 aromatic rings. The normalized spacial score (nSPS) is 15.2. The van der Waals surface area contributed by atoms with E-state index in [1.807, 2.05) is 58.0 Å². The van der Waals surface area contributed by atoms with Crippen LogP contribution in [0.5, 0.6) is 0 Å². The van der Waals surface area contributed by atoms with Crippen LogP contribution in [0.1, 0.15) is 50.7 Å². The molecule has 0 aliphatic carbocycles. The lowest BCUT2D eigenvalue weighted by atomic mass is 9.98. The summed E-state index contributed by atoms with van der Waals surface area (Å²) in [4.78, 5) is 44.7. The van der Waals surface area contributed by atoms with Crippen LogP contribution < -0.4 is 16.0 Å². The third kappa shape index (κ3) is 5.32. The molecule has 2 aromatic heterocycles. The van der Waals surface area contributed by atoms with Gasteiger partial charge in [0.2, 0.25) is 5.91 Å². The fourth-order valence-electron chi connectivity index (χ4n) is 4.17. The number of benzene rings is 1. The van der Waals surface area contributed by atoms with Gasteiger partial charge in [0.05, 0.1) is 17.4 Å². The monoisotopic (exact) mass is 503 g/mol. The van der Waals surface area contributed by atoms with Gasteiger partial charge in [-0.2, -0.15) is 5.10 Å². The van der Waals surface area contributed by atoms with Crippen LogP contribution in [0.2, 0.25) is 0 Å². The lowest BCUT2D eigenvalue weighted by Gasteiger charge is -2.40. The SMILES string of the molecule is Cc1ccc(NC(=O)Nc2cn(C(C)(C)C)nc2C(=O)N2CCNC(=O)C2(C)C)cc1-c1cccnc1. The second-order valence-corrected chi connectivity index (χ2v) is 10.6. The van der Waals surface area contributed by atoms with Crippen LogP contribution in [0.25, 0.3) is 11.1 Å². The maximum atomic E-state index is 13.6. The number of aryl methyl sites for hydroxylation is 1. The van der Waals surface area contributed by atoms with E-state index in [1.165, 1.54) is 4.90 Å². The molecule has 3 N–H and O–H groups in total. The predicted octanol–water partition coefficient (Wildman–Crippen LogP) is 4.00. The molecular weight excluding hydrogens is 470 g/mol. The van der Waals surface area contributed by atoms with E-state index in [-0.39, 0.29) is 17.3 Å². The maximum Gasteiger partial charge on any atom is 0.323 e. The van der Waals surface area contributed by atoms with Gasteiger partial charge in [0.15, 0.2) is 5.69 Å². The van der Waals surface area contributed by atoms with E-state index in [0.29, 0.717) is 18.8 Å². The van der Waals surface area contributed by atoms with Crippen LogP contribution in [0, 0.1) is 6.92 Å². The van der Waals surface area contributed by atoms with E-state index in [4.69, 9.17) is 0 Å². The summed E-state index contributed by atoms with van der Waals surface area (Å²) in [6.45, 7) is 11.9. The summed E-state index contributed by atoms with van der Waals surface area (Å²) in [5.74, 6) is -0.661. The van der Waals surface area contributed by atoms with Crippen molar-refractivity contribution in [2.24, 2.45) is 0 Å². The Morgan fingerprint density at radius 3 is 2.57 bits per heavy atom. The van der Waals surface area contributed by atoms with Gasteiger partial charge in [-0.3, -0.25) is 19.3 Å². The van der Waals surface area contributed by atoms with Crippen LogP contribution in [0.4, 0.5) is 16.2 Å². The lowest BCUT2D eigenvalue weighted by molar-refractivity contribution is -0.133. The molecule has 10 nitrogen and oxygen atoms in total. The number of hydrogen-bond donors (Lipinski definition) is 3. The van der Waals surface area contributed by atoms with Crippen molar-refractivity contribution in [1.29, 1.82) is 0 Å². The maximum absolute atomic E-state index is 13.6. The number of piperazine rings is 1. The summed E-state index contributed by atoms with van der Waals surface area (Å²) >= 11 is 0. The van der Waals surface area contributed by atoms with Crippen LogP contribution in [0.15, 0.2) is 48.9 Å². The third-order valence-electron chi connectivity index (χ3n) is 6.42. The van der Waals surface area contributed by atoms with Crippen molar-refractivity contribution in [2.75, 3.05) is 23.7 Å². The highest BCUT2D eigenvalue weighted by molar-refractivity contribution is 6.07. The molecule has 37 heavy (non-hydrogen) atoms. The number of carbonyl (C=O) groups is 3. The van der Waals surface area contributed by atoms with Crippen molar-refractivity contribution < 1.29 is 14.4 Å². The Morgan fingerprint density at radius 2 is 1.89 bits per heavy atom. The molecule has 0 spiro atoms. The van der Waals surface area contributed by atoms with Gasteiger partial charge in [-0.05, 0) is 70.9 Å². The molecule has 1 aliphatic heterocycles. The minimum absolute atomic E-state index is 0.0767. The number of pyridine rings is 1. The first-order valence-electron chi connectivity index (χ1n) is 12.2. The van der Waals surface area contributed by atoms with Crippen molar-refractivity contribution in [3.63, 3.8) is 0 Å². The molecule has 3 heterocycles. The Labute approximate surface area is 216 Å². The van der Waals surface area contributed by atoms with E-state index in [9.17, 15) is 14.4 Å². The molecule has 0 radical (unpaired) electrons. The summed E-state index contributed by atoms with van der Waals surface area (Å²) in [5.41, 5.74) is 2.38. The molecule has 1 fully saturated rings. The summed E-state index contributed by atoms with van der Waals surface area (Å²) in [6.07, 6.45) is 5.12. The van der Waals surface area contributed by atoms with E-state index < -0.39 is 23.0 Å². The van der Waals surface area contributed by atoms with Gasteiger partial charge in [-0.25, -0.2) is 4.79 Å². The van der Waals surface area contributed by atoms with Crippen molar-refractivity contribution in [3.05, 3.63) is 60.2 Å². The Morgan fingerprint density at radius 1 is 1.14 bits per heavy atom. The standard InChI is InChI=1S/C27H33N7O3/c1-17-9-10-19(14-20(17)18-8-7-11-28-15-18)30-25(37)31-21-16-34(26(2,3)4)32-22(21)23(35)33-13-12-29-24(36)27(33,5)6/h7-11,14-16H,12-13H2,1-6H3,(H,29,36)(H2,30,31,37). The second-order valence-electron chi connectivity index (χ2n) is 10.6.